The molecule has 0 radical (unpaired) electrons. The number of anilines is 2. The largest absolute Gasteiger partial charge is 0.495 e. The zero-order valence-corrected chi connectivity index (χ0v) is 22.1. The van der Waals surface area contributed by atoms with Crippen molar-refractivity contribution in [3.05, 3.63) is 47.7 Å². The molecule has 3 aromatic rings. The predicted octanol–water partition coefficient (Wildman–Crippen LogP) is 5.68. The molecule has 1 aliphatic carbocycles. The molecule has 0 spiro atoms. The summed E-state index contributed by atoms with van der Waals surface area (Å²) in [5.41, 5.74) is 1.86. The summed E-state index contributed by atoms with van der Waals surface area (Å²) in [4.78, 5) is 21.2. The average Bonchev–Trinajstić information content (AvgIpc) is 3.20. The smallest absolute Gasteiger partial charge is 0.265 e. The van der Waals surface area contributed by atoms with Gasteiger partial charge in [-0.1, -0.05) is 30.6 Å². The van der Waals surface area contributed by atoms with Crippen molar-refractivity contribution >= 4 is 38.1 Å². The molecule has 1 amide bonds. The van der Waals surface area contributed by atoms with E-state index in [2.05, 4.69) is 20.0 Å². The van der Waals surface area contributed by atoms with Crippen LogP contribution in [0.3, 0.4) is 0 Å². The number of thiazole rings is 1. The van der Waals surface area contributed by atoms with Crippen LogP contribution >= 0.6 is 11.3 Å². The summed E-state index contributed by atoms with van der Waals surface area (Å²) >= 11 is 1.29. The summed E-state index contributed by atoms with van der Waals surface area (Å²) in [6.07, 6.45) is 7.37. The molecule has 1 fully saturated rings. The summed E-state index contributed by atoms with van der Waals surface area (Å²) in [5.74, 6) is -0.173. The van der Waals surface area contributed by atoms with Crippen molar-refractivity contribution in [1.82, 2.24) is 9.97 Å². The Balaban J connectivity index is 1.58. The number of methoxy groups -OCH3 is 1. The minimum Gasteiger partial charge on any atom is -0.495 e. The third-order valence-electron chi connectivity index (χ3n) is 6.28. The molecule has 2 heterocycles. The van der Waals surface area contributed by atoms with Gasteiger partial charge < -0.3 is 10.1 Å². The second-order valence-electron chi connectivity index (χ2n) is 8.98. The maximum absolute atomic E-state index is 13.4. The molecule has 192 valence electrons. The van der Waals surface area contributed by atoms with Crippen molar-refractivity contribution in [3.8, 4) is 16.2 Å². The summed E-state index contributed by atoms with van der Waals surface area (Å²) in [6.45, 7) is 3.40. The number of rotatable bonds is 8. The monoisotopic (exact) mass is 532 g/mol. The summed E-state index contributed by atoms with van der Waals surface area (Å²) in [7, 11) is -2.70. The van der Waals surface area contributed by atoms with E-state index < -0.39 is 16.0 Å². The Labute approximate surface area is 214 Å². The quantitative estimate of drug-likeness (QED) is 0.361. The lowest BCUT2D eigenvalue weighted by Gasteiger charge is -2.20. The third-order valence-corrected chi connectivity index (χ3v) is 8.79. The number of ether oxygens (including phenoxy) is 1. The van der Waals surface area contributed by atoms with E-state index in [4.69, 9.17) is 4.74 Å². The third kappa shape index (κ3) is 6.01. The number of benzene rings is 1. The van der Waals surface area contributed by atoms with Crippen LogP contribution in [0.15, 0.2) is 35.4 Å². The molecule has 4 rings (SSSR count). The molecule has 2 N–H and O–H groups in total. The number of hydrogen-bond donors (Lipinski definition) is 2. The number of pyridine rings is 1. The number of aromatic nitrogens is 2. The van der Waals surface area contributed by atoms with E-state index in [-0.39, 0.29) is 22.2 Å². The second kappa shape index (κ2) is 10.9. The fourth-order valence-corrected chi connectivity index (χ4v) is 6.69. The Hall–Kier alpha value is -3.05. The van der Waals surface area contributed by atoms with Gasteiger partial charge in [0, 0.05) is 6.42 Å². The van der Waals surface area contributed by atoms with E-state index in [0.29, 0.717) is 34.3 Å². The topological polar surface area (TPSA) is 110 Å². The molecule has 0 unspecified atom stereocenters. The number of halogens is 1. The minimum atomic E-state index is -4.09. The number of carbonyl (C=O) groups is 1. The van der Waals surface area contributed by atoms with Gasteiger partial charge in [0.25, 0.3) is 10.0 Å². The number of amides is 1. The Morgan fingerprint density at radius 1 is 1.19 bits per heavy atom. The van der Waals surface area contributed by atoms with Gasteiger partial charge in [0.15, 0.2) is 5.13 Å². The van der Waals surface area contributed by atoms with Crippen LogP contribution in [-0.4, -0.2) is 31.4 Å². The molecule has 11 heteroatoms. The first kappa shape index (κ1) is 26.0. The van der Waals surface area contributed by atoms with E-state index >= 15 is 0 Å². The number of sulfonamides is 1. The highest BCUT2D eigenvalue weighted by Gasteiger charge is 2.24. The van der Waals surface area contributed by atoms with Crippen LogP contribution in [0.5, 0.6) is 5.75 Å². The fraction of sp³-hybridized carbons (Fsp3) is 0.400. The van der Waals surface area contributed by atoms with Crippen LogP contribution in [0.4, 0.5) is 15.2 Å². The standard InChI is InChI=1S/C25H29FN4O4S2/c1-15-11-22(26)27-14-19(15)30-36(32,33)21-13-18(9-10-20(21)34-3)24-16(2)28-25(35-24)29-23(31)12-17-7-5-4-6-8-17/h9-11,13-14,17,30H,4-8,12H2,1-3H3,(H,28,29,31). The van der Waals surface area contributed by atoms with Gasteiger partial charge in [-0.3, -0.25) is 9.52 Å². The minimum absolute atomic E-state index is 0.0484. The van der Waals surface area contributed by atoms with Gasteiger partial charge in [-0.15, -0.1) is 0 Å². The number of aryl methyl sites for hydroxylation is 2. The van der Waals surface area contributed by atoms with Gasteiger partial charge in [0.2, 0.25) is 11.9 Å². The van der Waals surface area contributed by atoms with Gasteiger partial charge in [-0.25, -0.2) is 18.4 Å². The Kier molecular flexibility index (Phi) is 7.89. The van der Waals surface area contributed by atoms with Crippen LogP contribution in [0.2, 0.25) is 0 Å². The first-order valence-electron chi connectivity index (χ1n) is 11.8. The van der Waals surface area contributed by atoms with E-state index in [1.807, 2.05) is 6.92 Å². The molecule has 0 atom stereocenters. The van der Waals surface area contributed by atoms with Crippen molar-refractivity contribution in [3.63, 3.8) is 0 Å². The van der Waals surface area contributed by atoms with Gasteiger partial charge >= 0.3 is 0 Å². The van der Waals surface area contributed by atoms with Crippen LogP contribution in [0, 0.1) is 25.7 Å². The predicted molar refractivity (Wildman–Crippen MR) is 138 cm³/mol. The van der Waals surface area contributed by atoms with E-state index in [1.165, 1.54) is 43.8 Å². The lowest BCUT2D eigenvalue weighted by Crippen LogP contribution is -2.18. The number of nitrogens with zero attached hydrogens (tertiary/aromatic N) is 2. The van der Waals surface area contributed by atoms with Crippen LogP contribution < -0.4 is 14.8 Å². The van der Waals surface area contributed by atoms with E-state index in [9.17, 15) is 17.6 Å². The second-order valence-corrected chi connectivity index (χ2v) is 11.6. The maximum Gasteiger partial charge on any atom is 0.265 e. The van der Waals surface area contributed by atoms with Crippen LogP contribution in [-0.2, 0) is 14.8 Å². The van der Waals surface area contributed by atoms with Crippen LogP contribution in [0.1, 0.15) is 49.8 Å². The molecule has 2 aromatic heterocycles. The van der Waals surface area contributed by atoms with Gasteiger partial charge in [0.1, 0.15) is 10.6 Å². The SMILES string of the molecule is COc1ccc(-c2sc(NC(=O)CC3CCCCC3)nc2C)cc1S(=O)(=O)Nc1cnc(F)cc1C. The number of hydrogen-bond acceptors (Lipinski definition) is 7. The molecular weight excluding hydrogens is 503 g/mol. The zero-order chi connectivity index (χ0) is 25.9. The van der Waals surface area contributed by atoms with Crippen molar-refractivity contribution in [1.29, 1.82) is 0 Å². The molecular formula is C25H29FN4O4S2. The lowest BCUT2D eigenvalue weighted by atomic mass is 9.87. The van der Waals surface area contributed by atoms with Crippen molar-refractivity contribution in [2.45, 2.75) is 57.3 Å². The summed E-state index contributed by atoms with van der Waals surface area (Å²) in [5, 5.41) is 3.39. The van der Waals surface area contributed by atoms with Crippen molar-refractivity contribution in [2.24, 2.45) is 5.92 Å². The molecule has 0 saturated heterocycles. The van der Waals surface area contributed by atoms with Gasteiger partial charge in [0.05, 0.1) is 29.6 Å². The van der Waals surface area contributed by atoms with Gasteiger partial charge in [-0.05, 0) is 68.0 Å². The van der Waals surface area contributed by atoms with E-state index in [0.717, 1.165) is 30.0 Å². The fourth-order valence-electron chi connectivity index (χ4n) is 4.40. The molecule has 0 aliphatic heterocycles. The molecule has 1 aliphatic rings. The Morgan fingerprint density at radius 3 is 2.64 bits per heavy atom. The highest BCUT2D eigenvalue weighted by molar-refractivity contribution is 7.92. The van der Waals surface area contributed by atoms with Crippen molar-refractivity contribution in [2.75, 3.05) is 17.1 Å². The summed E-state index contributed by atoms with van der Waals surface area (Å²) < 4.78 is 47.6. The number of nitrogens with one attached hydrogen (secondary N) is 2. The molecule has 1 saturated carbocycles. The van der Waals surface area contributed by atoms with Crippen LogP contribution in [0.25, 0.3) is 10.4 Å². The molecule has 1 aromatic carbocycles. The first-order chi connectivity index (χ1) is 17.2. The first-order valence-corrected chi connectivity index (χ1v) is 14.1. The highest BCUT2D eigenvalue weighted by atomic mass is 32.2. The zero-order valence-electron chi connectivity index (χ0n) is 20.4. The van der Waals surface area contributed by atoms with Gasteiger partial charge in [-0.2, -0.15) is 4.39 Å². The molecule has 36 heavy (non-hydrogen) atoms. The number of carbonyl (C=O) groups excluding carboxylic acids is 1. The maximum atomic E-state index is 13.4. The normalized spacial score (nSPS) is 14.4. The highest BCUT2D eigenvalue weighted by Crippen LogP contribution is 2.37. The Bertz CT molecular complexity index is 1370. The van der Waals surface area contributed by atoms with E-state index in [1.54, 1.807) is 19.1 Å². The van der Waals surface area contributed by atoms with Crippen molar-refractivity contribution < 1.29 is 22.3 Å². The molecule has 0 bridgehead atoms. The Morgan fingerprint density at radius 2 is 1.94 bits per heavy atom. The lowest BCUT2D eigenvalue weighted by molar-refractivity contribution is -0.117. The summed E-state index contributed by atoms with van der Waals surface area (Å²) in [6, 6.07) is 5.97. The molecule has 8 nitrogen and oxygen atoms in total. The average molecular weight is 533 g/mol.